The van der Waals surface area contributed by atoms with Gasteiger partial charge in [-0.25, -0.2) is 0 Å². The topological polar surface area (TPSA) is 33.5 Å². The summed E-state index contributed by atoms with van der Waals surface area (Å²) in [6.07, 6.45) is 2.56. The Morgan fingerprint density at radius 3 is 2.94 bits per heavy atom. The van der Waals surface area contributed by atoms with Crippen molar-refractivity contribution in [2.75, 3.05) is 11.4 Å². The normalized spacial score (nSPS) is 13.8. The molecule has 1 aromatic carbocycles. The molecule has 0 N–H and O–H groups in total. The summed E-state index contributed by atoms with van der Waals surface area (Å²) in [4.78, 5) is 13.4. The zero-order valence-corrected chi connectivity index (χ0v) is 11.5. The van der Waals surface area contributed by atoms with Crippen molar-refractivity contribution in [2.24, 2.45) is 0 Å². The summed E-state index contributed by atoms with van der Waals surface area (Å²) in [7, 11) is 0. The molecule has 92 valence electrons. The highest BCUT2D eigenvalue weighted by Crippen LogP contribution is 2.39. The van der Waals surface area contributed by atoms with Crippen LogP contribution >= 0.6 is 15.9 Å². The molecule has 1 aliphatic heterocycles. The highest BCUT2D eigenvalue weighted by Gasteiger charge is 2.25. The van der Waals surface area contributed by atoms with Gasteiger partial charge in [-0.1, -0.05) is 0 Å². The van der Waals surface area contributed by atoms with Crippen molar-refractivity contribution in [3.8, 4) is 11.3 Å². The number of benzene rings is 1. The first kappa shape index (κ1) is 11.5. The van der Waals surface area contributed by atoms with Gasteiger partial charge in [0.25, 0.3) is 0 Å². The van der Waals surface area contributed by atoms with E-state index in [-0.39, 0.29) is 5.91 Å². The number of rotatable bonds is 1. The fourth-order valence-electron chi connectivity index (χ4n) is 2.39. The summed E-state index contributed by atoms with van der Waals surface area (Å²) in [6.45, 7) is 2.35. The zero-order chi connectivity index (χ0) is 12.7. The maximum atomic E-state index is 11.6. The number of amides is 1. The predicted octanol–water partition coefficient (Wildman–Crippen LogP) is 3.62. The van der Waals surface area contributed by atoms with Crippen LogP contribution in [0.5, 0.6) is 0 Å². The maximum Gasteiger partial charge on any atom is 0.223 e. The molecular weight excluding hydrogens is 294 g/mol. The molecule has 0 radical (unpaired) electrons. The number of furan rings is 1. The lowest BCUT2D eigenvalue weighted by Gasteiger charge is -2.16. The quantitative estimate of drug-likeness (QED) is 0.806. The number of carbonyl (C=O) groups excluding carboxylic acids is 1. The third-order valence-corrected chi connectivity index (χ3v) is 3.81. The van der Waals surface area contributed by atoms with Gasteiger partial charge in [-0.3, -0.25) is 4.79 Å². The van der Waals surface area contributed by atoms with Gasteiger partial charge in [0.05, 0.1) is 12.0 Å². The van der Waals surface area contributed by atoms with E-state index in [4.69, 9.17) is 4.42 Å². The predicted molar refractivity (Wildman–Crippen MR) is 73.6 cm³/mol. The second-order valence-electron chi connectivity index (χ2n) is 4.36. The van der Waals surface area contributed by atoms with Gasteiger partial charge >= 0.3 is 0 Å². The van der Waals surface area contributed by atoms with E-state index >= 15 is 0 Å². The average molecular weight is 306 g/mol. The van der Waals surface area contributed by atoms with E-state index in [0.29, 0.717) is 0 Å². The van der Waals surface area contributed by atoms with Crippen molar-refractivity contribution in [1.29, 1.82) is 0 Å². The van der Waals surface area contributed by atoms with Crippen LogP contribution in [0, 0.1) is 0 Å². The van der Waals surface area contributed by atoms with E-state index in [1.807, 2.05) is 23.1 Å². The fraction of sp³-hybridized carbons (Fsp3) is 0.214. The molecule has 0 saturated carbocycles. The van der Waals surface area contributed by atoms with E-state index in [1.165, 1.54) is 5.56 Å². The second kappa shape index (κ2) is 4.28. The Hall–Kier alpha value is -1.55. The number of fused-ring (bicyclic) bond motifs is 1. The molecule has 0 unspecified atom stereocenters. The smallest absolute Gasteiger partial charge is 0.223 e. The minimum Gasteiger partial charge on any atom is -0.464 e. The van der Waals surface area contributed by atoms with Crippen LogP contribution in [0.25, 0.3) is 11.3 Å². The first-order valence-electron chi connectivity index (χ1n) is 5.81. The van der Waals surface area contributed by atoms with Gasteiger partial charge < -0.3 is 9.32 Å². The SMILES string of the molecule is CC(=O)N1CCc2cc(-c3ccco3)cc(Br)c21. The van der Waals surface area contributed by atoms with Crippen molar-refractivity contribution >= 4 is 27.5 Å². The number of halogens is 1. The Balaban J connectivity index is 2.11. The lowest BCUT2D eigenvalue weighted by molar-refractivity contribution is -0.116. The van der Waals surface area contributed by atoms with Gasteiger partial charge in [-0.05, 0) is 52.2 Å². The summed E-state index contributed by atoms with van der Waals surface area (Å²) in [5, 5.41) is 0. The lowest BCUT2D eigenvalue weighted by atomic mass is 10.1. The number of hydrogen-bond acceptors (Lipinski definition) is 2. The van der Waals surface area contributed by atoms with Crippen molar-refractivity contribution in [2.45, 2.75) is 13.3 Å². The fourth-order valence-corrected chi connectivity index (χ4v) is 3.11. The average Bonchev–Trinajstić information content (AvgIpc) is 2.97. The maximum absolute atomic E-state index is 11.6. The minimum absolute atomic E-state index is 0.0835. The summed E-state index contributed by atoms with van der Waals surface area (Å²) in [5.74, 6) is 0.931. The number of anilines is 1. The number of hydrogen-bond donors (Lipinski definition) is 0. The van der Waals surface area contributed by atoms with Crippen molar-refractivity contribution in [3.05, 3.63) is 40.6 Å². The van der Waals surface area contributed by atoms with E-state index in [1.54, 1.807) is 13.2 Å². The second-order valence-corrected chi connectivity index (χ2v) is 5.22. The van der Waals surface area contributed by atoms with Crippen molar-refractivity contribution in [3.63, 3.8) is 0 Å². The Kier molecular flexibility index (Phi) is 2.74. The molecule has 3 nitrogen and oxygen atoms in total. The van der Waals surface area contributed by atoms with Crippen LogP contribution in [0.15, 0.2) is 39.4 Å². The molecule has 2 aromatic rings. The van der Waals surface area contributed by atoms with Crippen molar-refractivity contribution < 1.29 is 9.21 Å². The van der Waals surface area contributed by atoms with Crippen LogP contribution in [0.2, 0.25) is 0 Å². The molecule has 0 spiro atoms. The monoisotopic (exact) mass is 305 g/mol. The van der Waals surface area contributed by atoms with E-state index < -0.39 is 0 Å². The summed E-state index contributed by atoms with van der Waals surface area (Å²) < 4.78 is 6.35. The Morgan fingerprint density at radius 1 is 1.44 bits per heavy atom. The molecule has 0 fully saturated rings. The van der Waals surface area contributed by atoms with Crippen LogP contribution in [0.1, 0.15) is 12.5 Å². The van der Waals surface area contributed by atoms with Gasteiger partial charge in [0.1, 0.15) is 5.76 Å². The van der Waals surface area contributed by atoms with Gasteiger partial charge in [0, 0.05) is 23.5 Å². The Morgan fingerprint density at radius 2 is 2.28 bits per heavy atom. The first-order chi connectivity index (χ1) is 8.66. The molecule has 1 amide bonds. The number of nitrogens with zero attached hydrogens (tertiary/aromatic N) is 1. The minimum atomic E-state index is 0.0835. The van der Waals surface area contributed by atoms with E-state index in [0.717, 1.165) is 34.4 Å². The number of carbonyl (C=O) groups is 1. The van der Waals surface area contributed by atoms with E-state index in [2.05, 4.69) is 22.0 Å². The van der Waals surface area contributed by atoms with Crippen LogP contribution in [-0.4, -0.2) is 12.5 Å². The Bertz CT molecular complexity index is 605. The van der Waals surface area contributed by atoms with Crippen LogP contribution in [-0.2, 0) is 11.2 Å². The molecule has 1 aliphatic rings. The van der Waals surface area contributed by atoms with Gasteiger partial charge in [0.2, 0.25) is 5.91 Å². The highest BCUT2D eigenvalue weighted by molar-refractivity contribution is 9.10. The van der Waals surface area contributed by atoms with Gasteiger partial charge in [-0.15, -0.1) is 0 Å². The standard InChI is InChI=1S/C14H12BrNO2/c1-9(17)16-5-4-10-7-11(8-12(15)14(10)16)13-3-2-6-18-13/h2-3,6-8H,4-5H2,1H3. The lowest BCUT2D eigenvalue weighted by Crippen LogP contribution is -2.26. The first-order valence-corrected chi connectivity index (χ1v) is 6.60. The molecule has 2 heterocycles. The zero-order valence-electron chi connectivity index (χ0n) is 9.94. The highest BCUT2D eigenvalue weighted by atomic mass is 79.9. The van der Waals surface area contributed by atoms with Crippen LogP contribution in [0.4, 0.5) is 5.69 Å². The third-order valence-electron chi connectivity index (χ3n) is 3.20. The molecule has 18 heavy (non-hydrogen) atoms. The molecular formula is C14H12BrNO2. The van der Waals surface area contributed by atoms with Gasteiger partial charge in [0.15, 0.2) is 0 Å². The van der Waals surface area contributed by atoms with Crippen LogP contribution < -0.4 is 4.90 Å². The molecule has 0 saturated heterocycles. The summed E-state index contributed by atoms with van der Waals surface area (Å²) in [6, 6.07) is 7.91. The van der Waals surface area contributed by atoms with Crippen molar-refractivity contribution in [1.82, 2.24) is 0 Å². The summed E-state index contributed by atoms with van der Waals surface area (Å²) >= 11 is 3.56. The molecule has 0 atom stereocenters. The third kappa shape index (κ3) is 1.77. The molecule has 1 aromatic heterocycles. The molecule has 0 bridgehead atoms. The van der Waals surface area contributed by atoms with E-state index in [9.17, 15) is 4.79 Å². The molecule has 3 rings (SSSR count). The molecule has 0 aliphatic carbocycles. The van der Waals surface area contributed by atoms with Crippen LogP contribution in [0.3, 0.4) is 0 Å². The largest absolute Gasteiger partial charge is 0.464 e. The van der Waals surface area contributed by atoms with Gasteiger partial charge in [-0.2, -0.15) is 0 Å². The summed E-state index contributed by atoms with van der Waals surface area (Å²) in [5.41, 5.74) is 3.22. The Labute approximate surface area is 114 Å². The molecule has 4 heteroatoms.